The van der Waals surface area contributed by atoms with Crippen molar-refractivity contribution in [3.8, 4) is 0 Å². The van der Waals surface area contributed by atoms with Gasteiger partial charge in [-0.05, 0) is 55.2 Å². The molecule has 0 bridgehead atoms. The Balaban J connectivity index is 0.00000400. The van der Waals surface area contributed by atoms with Crippen molar-refractivity contribution in [2.45, 2.75) is 56.9 Å². The van der Waals surface area contributed by atoms with E-state index in [1.54, 1.807) is 41.4 Å². The molecule has 6 nitrogen and oxygen atoms in total. The number of hydrogen-bond acceptors (Lipinski definition) is 4. The van der Waals surface area contributed by atoms with Crippen molar-refractivity contribution in [3.63, 3.8) is 0 Å². The van der Waals surface area contributed by atoms with Gasteiger partial charge in [-0.3, -0.25) is 0 Å². The Bertz CT molecular complexity index is 1360. The summed E-state index contributed by atoms with van der Waals surface area (Å²) in [5.41, 5.74) is 3.52. The summed E-state index contributed by atoms with van der Waals surface area (Å²) in [6.07, 6.45) is 2.53. The fourth-order valence-corrected chi connectivity index (χ4v) is 5.38. The van der Waals surface area contributed by atoms with Crippen molar-refractivity contribution in [3.05, 3.63) is 101 Å². The molecule has 0 unspecified atom stereocenters. The van der Waals surface area contributed by atoms with E-state index in [0.717, 1.165) is 41.7 Å². The highest BCUT2D eigenvalue weighted by Crippen LogP contribution is 2.29. The molecule has 0 saturated heterocycles. The largest absolute Gasteiger partial charge is 0.264 e. The first kappa shape index (κ1) is 26.5. The quantitative estimate of drug-likeness (QED) is 0.287. The van der Waals surface area contributed by atoms with E-state index >= 15 is 0 Å². The summed E-state index contributed by atoms with van der Waals surface area (Å²) < 4.78 is 43.1. The molecule has 1 aliphatic heterocycles. The number of rotatable bonds is 8. The molecule has 4 rings (SSSR count). The predicted octanol–water partition coefficient (Wildman–Crippen LogP) is 6.10. The first-order valence-corrected chi connectivity index (χ1v) is 14.1. The van der Waals surface area contributed by atoms with Crippen LogP contribution < -0.4 is 4.72 Å². The van der Waals surface area contributed by atoms with Gasteiger partial charge < -0.3 is 0 Å². The highest BCUT2D eigenvalue weighted by molar-refractivity contribution is 7.90. The zero-order valence-corrected chi connectivity index (χ0v) is 22.2. The molecule has 196 valence electrons. The molecule has 0 aromatic heterocycles. The Morgan fingerprint density at radius 2 is 1.76 bits per heavy atom. The molecule has 0 amide bonds. The first-order chi connectivity index (χ1) is 17.8. The Morgan fingerprint density at radius 1 is 1.08 bits per heavy atom. The third-order valence-corrected chi connectivity index (χ3v) is 7.80. The molecule has 0 spiro atoms. The lowest BCUT2D eigenvalue weighted by Gasteiger charge is -2.22. The van der Waals surface area contributed by atoms with Gasteiger partial charge in [-0.1, -0.05) is 80.4 Å². The molecular formula is C29H35FN4O2S. The number of nitrogens with one attached hydrogen (secondary N) is 1. The maximum absolute atomic E-state index is 13.7. The highest BCUT2D eigenvalue weighted by atomic mass is 32.2. The van der Waals surface area contributed by atoms with E-state index < -0.39 is 10.0 Å². The summed E-state index contributed by atoms with van der Waals surface area (Å²) in [6.45, 7) is 6.43. The van der Waals surface area contributed by atoms with Crippen molar-refractivity contribution in [1.82, 2.24) is 9.73 Å². The molecule has 37 heavy (non-hydrogen) atoms. The van der Waals surface area contributed by atoms with Gasteiger partial charge in [0.2, 0.25) is 5.96 Å². The molecular weight excluding hydrogens is 487 g/mol. The lowest BCUT2D eigenvalue weighted by Crippen LogP contribution is -2.42. The van der Waals surface area contributed by atoms with Crippen LogP contribution in [0.4, 0.5) is 4.39 Å². The van der Waals surface area contributed by atoms with E-state index in [2.05, 4.69) is 11.6 Å². The van der Waals surface area contributed by atoms with Gasteiger partial charge in [-0.2, -0.15) is 5.10 Å². The van der Waals surface area contributed by atoms with E-state index in [9.17, 15) is 12.8 Å². The molecule has 0 saturated carbocycles. The minimum atomic E-state index is -3.89. The van der Waals surface area contributed by atoms with Gasteiger partial charge in [-0.25, -0.2) is 27.5 Å². The van der Waals surface area contributed by atoms with Gasteiger partial charge >= 0.3 is 0 Å². The van der Waals surface area contributed by atoms with E-state index in [1.807, 2.05) is 44.2 Å². The number of aryl methyl sites for hydroxylation is 1. The number of hydrazone groups is 1. The fourth-order valence-electron chi connectivity index (χ4n) is 4.37. The topological polar surface area (TPSA) is 74.1 Å². The molecule has 1 N–H and O–H groups in total. The standard InChI is InChI=1S/C29H33FN4O2S.H2/c1-4-9-25(5-2)31-29(33-37(35,36)26-18-12-21(3)13-19-26)34-20-27(22-10-7-6-8-11-22)28(32-34)23-14-16-24(30)17-15-23;/h6-8,10-19,25,27H,4-5,9,20H2,1-3H3,(H,31,33);1H/t25-,27-;/m0./s1. The Morgan fingerprint density at radius 3 is 2.38 bits per heavy atom. The molecule has 1 aliphatic rings. The maximum atomic E-state index is 13.7. The van der Waals surface area contributed by atoms with E-state index in [4.69, 9.17) is 10.1 Å². The third kappa shape index (κ3) is 6.43. The van der Waals surface area contributed by atoms with Gasteiger partial charge in [0.25, 0.3) is 10.0 Å². The zero-order chi connectivity index (χ0) is 26.4. The number of benzene rings is 3. The maximum Gasteiger partial charge on any atom is 0.264 e. The molecule has 3 aromatic rings. The van der Waals surface area contributed by atoms with Crippen LogP contribution in [0.5, 0.6) is 0 Å². The van der Waals surface area contributed by atoms with Gasteiger partial charge in [0, 0.05) is 7.34 Å². The predicted molar refractivity (Wildman–Crippen MR) is 149 cm³/mol. The number of halogens is 1. The lowest BCUT2D eigenvalue weighted by molar-refractivity contribution is 0.452. The number of hydrogen-bond donors (Lipinski definition) is 1. The molecule has 8 heteroatoms. The number of sulfonamides is 1. The summed E-state index contributed by atoms with van der Waals surface area (Å²) >= 11 is 0. The van der Waals surface area contributed by atoms with Crippen molar-refractivity contribution < 1.29 is 14.2 Å². The normalized spacial score (nSPS) is 17.0. The summed E-state index contributed by atoms with van der Waals surface area (Å²) in [4.78, 5) is 5.01. The molecule has 1 heterocycles. The van der Waals surface area contributed by atoms with E-state index in [1.165, 1.54) is 12.1 Å². The summed E-state index contributed by atoms with van der Waals surface area (Å²) in [5.74, 6) is -0.278. The second-order valence-electron chi connectivity index (χ2n) is 9.26. The van der Waals surface area contributed by atoms with Crippen LogP contribution in [-0.2, 0) is 10.0 Å². The Hall–Kier alpha value is -3.52. The SMILES string of the molecule is CCC[C@H](CC)N=C(NS(=O)(=O)c1ccc(C)cc1)N1C[C@@H](c2ccccc2)C(c2ccc(F)cc2)=N1.[HH]. The van der Waals surface area contributed by atoms with Crippen LogP contribution in [0.1, 0.15) is 57.1 Å². The Kier molecular flexibility index (Phi) is 8.38. The number of nitrogens with zero attached hydrogens (tertiary/aromatic N) is 3. The fraction of sp³-hybridized carbons (Fsp3) is 0.310. The summed E-state index contributed by atoms with van der Waals surface area (Å²) in [7, 11) is -3.89. The van der Waals surface area contributed by atoms with Crippen LogP contribution in [0.15, 0.2) is 93.9 Å². The second-order valence-corrected chi connectivity index (χ2v) is 10.9. The van der Waals surface area contributed by atoms with Crippen LogP contribution in [0, 0.1) is 12.7 Å². The van der Waals surface area contributed by atoms with Crippen LogP contribution >= 0.6 is 0 Å². The van der Waals surface area contributed by atoms with Gasteiger partial charge in [0.05, 0.1) is 23.2 Å². The minimum Gasteiger partial charge on any atom is -0.248 e. The smallest absolute Gasteiger partial charge is 0.248 e. The van der Waals surface area contributed by atoms with E-state index in [0.29, 0.717) is 6.54 Å². The van der Waals surface area contributed by atoms with Gasteiger partial charge in [-0.15, -0.1) is 0 Å². The number of guanidine groups is 1. The molecule has 3 aromatic carbocycles. The molecule has 0 radical (unpaired) electrons. The van der Waals surface area contributed by atoms with Gasteiger partial charge in [0.15, 0.2) is 0 Å². The summed E-state index contributed by atoms with van der Waals surface area (Å²) in [6, 6.07) is 22.8. The van der Waals surface area contributed by atoms with Crippen LogP contribution in [0.2, 0.25) is 0 Å². The molecule has 2 atom stereocenters. The lowest BCUT2D eigenvalue weighted by atomic mass is 9.91. The van der Waals surface area contributed by atoms with Gasteiger partial charge in [0.1, 0.15) is 5.82 Å². The number of aliphatic imine (C=N–C) groups is 1. The minimum absolute atomic E-state index is 0. The highest BCUT2D eigenvalue weighted by Gasteiger charge is 2.33. The Labute approximate surface area is 220 Å². The second kappa shape index (κ2) is 11.7. The van der Waals surface area contributed by atoms with Crippen molar-refractivity contribution in [2.75, 3.05) is 6.54 Å². The average molecular weight is 523 g/mol. The van der Waals surface area contributed by atoms with Crippen molar-refractivity contribution in [2.24, 2.45) is 10.1 Å². The van der Waals surface area contributed by atoms with Crippen LogP contribution in [0.25, 0.3) is 0 Å². The monoisotopic (exact) mass is 522 g/mol. The summed E-state index contributed by atoms with van der Waals surface area (Å²) in [5, 5.41) is 6.49. The average Bonchev–Trinajstić information content (AvgIpc) is 3.34. The molecule has 0 aliphatic carbocycles. The van der Waals surface area contributed by atoms with Crippen LogP contribution in [0.3, 0.4) is 0 Å². The molecule has 0 fully saturated rings. The van der Waals surface area contributed by atoms with Crippen molar-refractivity contribution >= 4 is 21.7 Å². The zero-order valence-electron chi connectivity index (χ0n) is 21.4. The van der Waals surface area contributed by atoms with E-state index in [-0.39, 0.29) is 30.1 Å². The van der Waals surface area contributed by atoms with Crippen molar-refractivity contribution in [1.29, 1.82) is 0 Å². The third-order valence-electron chi connectivity index (χ3n) is 6.46. The van der Waals surface area contributed by atoms with Crippen LogP contribution in [-0.4, -0.2) is 37.7 Å². The first-order valence-electron chi connectivity index (χ1n) is 12.6.